The number of ether oxygens (including phenoxy) is 1. The molecule has 0 saturated heterocycles. The Labute approximate surface area is 183 Å². The van der Waals surface area contributed by atoms with E-state index in [9.17, 15) is 4.79 Å². The third-order valence-corrected chi connectivity index (χ3v) is 4.77. The maximum Gasteiger partial charge on any atom is 0.251 e. The Morgan fingerprint density at radius 2 is 1.80 bits per heavy atom. The molecule has 0 atom stereocenters. The normalized spacial score (nSPS) is 10.7. The first-order valence-corrected chi connectivity index (χ1v) is 10.5. The molecule has 1 amide bonds. The molecule has 0 aromatic heterocycles. The summed E-state index contributed by atoms with van der Waals surface area (Å²) in [6.45, 7) is 5.81. The molecular formula is C25H27ClN2O2. The lowest BCUT2D eigenvalue weighted by molar-refractivity contribution is 0.0949. The van der Waals surface area contributed by atoms with Crippen molar-refractivity contribution in [2.75, 3.05) is 11.9 Å². The van der Waals surface area contributed by atoms with E-state index in [1.165, 1.54) is 0 Å². The van der Waals surface area contributed by atoms with Crippen LogP contribution in [0.15, 0.2) is 72.8 Å². The quantitative estimate of drug-likeness (QED) is 0.450. The first-order chi connectivity index (χ1) is 14.5. The first-order valence-electron chi connectivity index (χ1n) is 10.1. The summed E-state index contributed by atoms with van der Waals surface area (Å²) in [5, 5.41) is 6.97. The maximum atomic E-state index is 12.3. The highest BCUT2D eigenvalue weighted by Crippen LogP contribution is 2.25. The summed E-state index contributed by atoms with van der Waals surface area (Å²) in [7, 11) is 0. The fraction of sp³-hybridized carbons (Fsp3) is 0.240. The van der Waals surface area contributed by atoms with Gasteiger partial charge in [0, 0.05) is 34.9 Å². The number of amides is 1. The van der Waals surface area contributed by atoms with E-state index < -0.39 is 0 Å². The first kappa shape index (κ1) is 21.7. The van der Waals surface area contributed by atoms with Crippen molar-refractivity contribution in [3.8, 4) is 5.75 Å². The Hall–Kier alpha value is -2.98. The summed E-state index contributed by atoms with van der Waals surface area (Å²) < 4.78 is 6.02. The fourth-order valence-electron chi connectivity index (χ4n) is 2.93. The van der Waals surface area contributed by atoms with E-state index in [4.69, 9.17) is 16.3 Å². The molecule has 0 aliphatic heterocycles. The second-order valence-electron chi connectivity index (χ2n) is 7.56. The van der Waals surface area contributed by atoms with Crippen molar-refractivity contribution >= 4 is 23.2 Å². The molecule has 0 radical (unpaired) electrons. The molecule has 0 saturated carbocycles. The van der Waals surface area contributed by atoms with Gasteiger partial charge in [-0.1, -0.05) is 61.8 Å². The zero-order valence-corrected chi connectivity index (χ0v) is 18.1. The van der Waals surface area contributed by atoms with Gasteiger partial charge < -0.3 is 15.4 Å². The van der Waals surface area contributed by atoms with Crippen molar-refractivity contribution in [2.24, 2.45) is 5.92 Å². The van der Waals surface area contributed by atoms with Gasteiger partial charge in [-0.25, -0.2) is 0 Å². The van der Waals surface area contributed by atoms with Gasteiger partial charge in [-0.2, -0.15) is 0 Å². The molecule has 0 fully saturated rings. The zero-order valence-electron chi connectivity index (χ0n) is 17.3. The van der Waals surface area contributed by atoms with Gasteiger partial charge in [0.25, 0.3) is 5.91 Å². The molecule has 0 bridgehead atoms. The second-order valence-corrected chi connectivity index (χ2v) is 8.00. The van der Waals surface area contributed by atoms with Gasteiger partial charge in [0.05, 0.1) is 0 Å². The van der Waals surface area contributed by atoms with Gasteiger partial charge in [-0.15, -0.1) is 0 Å². The molecule has 3 aromatic rings. The van der Waals surface area contributed by atoms with Crippen LogP contribution in [-0.2, 0) is 13.2 Å². The fourth-order valence-corrected chi connectivity index (χ4v) is 3.12. The number of carbonyl (C=O) groups is 1. The van der Waals surface area contributed by atoms with Crippen LogP contribution in [0.4, 0.5) is 5.69 Å². The minimum atomic E-state index is -0.0676. The summed E-state index contributed by atoms with van der Waals surface area (Å²) in [5.74, 6) is 1.12. The van der Waals surface area contributed by atoms with Gasteiger partial charge >= 0.3 is 0 Å². The lowest BCUT2D eigenvalue weighted by Gasteiger charge is -2.14. The summed E-state index contributed by atoms with van der Waals surface area (Å²) >= 11 is 6.21. The molecule has 3 aromatic carbocycles. The van der Waals surface area contributed by atoms with Gasteiger partial charge in [-0.3, -0.25) is 4.79 Å². The number of nitrogens with one attached hydrogen (secondary N) is 2. The van der Waals surface area contributed by atoms with Crippen LogP contribution in [0, 0.1) is 5.92 Å². The minimum absolute atomic E-state index is 0.0676. The highest BCUT2D eigenvalue weighted by atomic mass is 35.5. The third kappa shape index (κ3) is 6.53. The molecule has 30 heavy (non-hydrogen) atoms. The highest BCUT2D eigenvalue weighted by molar-refractivity contribution is 6.30. The molecule has 3 rings (SSSR count). The molecule has 2 N–H and O–H groups in total. The minimum Gasteiger partial charge on any atom is -0.489 e. The monoisotopic (exact) mass is 422 g/mol. The van der Waals surface area contributed by atoms with E-state index in [2.05, 4.69) is 24.5 Å². The smallest absolute Gasteiger partial charge is 0.251 e. The van der Waals surface area contributed by atoms with Crippen LogP contribution in [0.3, 0.4) is 0 Å². The van der Waals surface area contributed by atoms with Crippen molar-refractivity contribution in [3.63, 3.8) is 0 Å². The van der Waals surface area contributed by atoms with E-state index in [0.29, 0.717) is 36.2 Å². The molecule has 0 aliphatic carbocycles. The summed E-state index contributed by atoms with van der Waals surface area (Å²) in [6.07, 6.45) is 0. The largest absolute Gasteiger partial charge is 0.489 e. The van der Waals surface area contributed by atoms with Gasteiger partial charge in [-0.05, 0) is 47.9 Å². The van der Waals surface area contributed by atoms with Gasteiger partial charge in [0.15, 0.2) is 0 Å². The number of carbonyl (C=O) groups excluding carboxylic acids is 1. The van der Waals surface area contributed by atoms with E-state index in [0.717, 1.165) is 22.6 Å². The summed E-state index contributed by atoms with van der Waals surface area (Å²) in [6, 6.07) is 23.1. The van der Waals surface area contributed by atoms with E-state index in [1.807, 2.05) is 72.8 Å². The maximum absolute atomic E-state index is 12.3. The number of anilines is 1. The average Bonchev–Trinajstić information content (AvgIpc) is 2.76. The van der Waals surface area contributed by atoms with Crippen LogP contribution in [0.25, 0.3) is 0 Å². The molecule has 4 nitrogen and oxygen atoms in total. The van der Waals surface area contributed by atoms with Gasteiger partial charge in [0.1, 0.15) is 12.4 Å². The van der Waals surface area contributed by atoms with Crippen LogP contribution in [0.5, 0.6) is 5.75 Å². The zero-order chi connectivity index (χ0) is 21.3. The molecular weight excluding hydrogens is 396 g/mol. The molecule has 0 aliphatic rings. The van der Waals surface area contributed by atoms with Crippen LogP contribution in [-0.4, -0.2) is 12.5 Å². The highest BCUT2D eigenvalue weighted by Gasteiger charge is 2.09. The van der Waals surface area contributed by atoms with E-state index in [1.54, 1.807) is 0 Å². The average molecular weight is 423 g/mol. The van der Waals surface area contributed by atoms with Crippen molar-refractivity contribution in [1.82, 2.24) is 5.32 Å². The van der Waals surface area contributed by atoms with Crippen molar-refractivity contribution in [1.29, 1.82) is 0 Å². The molecule has 0 unspecified atom stereocenters. The van der Waals surface area contributed by atoms with Gasteiger partial charge in [0.2, 0.25) is 0 Å². The number of rotatable bonds is 9. The van der Waals surface area contributed by atoms with Crippen LogP contribution in [0.2, 0.25) is 5.02 Å². The lowest BCUT2D eigenvalue weighted by Crippen LogP contribution is -2.27. The second kappa shape index (κ2) is 10.7. The SMILES string of the molecule is CC(C)CNC(=O)c1cccc(NCc2cc(Cl)ccc2OCc2ccccc2)c1. The summed E-state index contributed by atoms with van der Waals surface area (Å²) in [5.41, 5.74) is 3.55. The molecule has 0 heterocycles. The van der Waals surface area contributed by atoms with Crippen LogP contribution < -0.4 is 15.4 Å². The van der Waals surface area contributed by atoms with Crippen molar-refractivity contribution in [3.05, 3.63) is 94.5 Å². The molecule has 0 spiro atoms. The van der Waals surface area contributed by atoms with Crippen molar-refractivity contribution < 1.29 is 9.53 Å². The lowest BCUT2D eigenvalue weighted by atomic mass is 10.1. The third-order valence-electron chi connectivity index (χ3n) is 4.54. The molecule has 5 heteroatoms. The standard InChI is InChI=1S/C25H27ClN2O2/c1-18(2)15-28-25(29)20-9-6-10-23(14-20)27-16-21-13-22(26)11-12-24(21)30-17-19-7-4-3-5-8-19/h3-14,18,27H,15-17H2,1-2H3,(H,28,29). The predicted octanol–water partition coefficient (Wildman–Crippen LogP) is 5.92. The Bertz CT molecular complexity index is 974. The van der Waals surface area contributed by atoms with Crippen LogP contribution in [0.1, 0.15) is 35.3 Å². The van der Waals surface area contributed by atoms with E-state index >= 15 is 0 Å². The number of benzene rings is 3. The Kier molecular flexibility index (Phi) is 7.75. The number of hydrogen-bond acceptors (Lipinski definition) is 3. The Morgan fingerprint density at radius 1 is 1.00 bits per heavy atom. The Balaban J connectivity index is 1.66. The van der Waals surface area contributed by atoms with Crippen molar-refractivity contribution in [2.45, 2.75) is 27.0 Å². The topological polar surface area (TPSA) is 50.4 Å². The molecule has 156 valence electrons. The van der Waals surface area contributed by atoms with E-state index in [-0.39, 0.29) is 5.91 Å². The Morgan fingerprint density at radius 3 is 2.57 bits per heavy atom. The predicted molar refractivity (Wildman–Crippen MR) is 123 cm³/mol. The number of halogens is 1. The number of hydrogen-bond donors (Lipinski definition) is 2. The van der Waals surface area contributed by atoms with Crippen LogP contribution >= 0.6 is 11.6 Å². The summed E-state index contributed by atoms with van der Waals surface area (Å²) in [4.78, 5) is 12.3.